The van der Waals surface area contributed by atoms with Crippen molar-refractivity contribution in [2.75, 3.05) is 0 Å². The average molecular weight is 422 g/mol. The van der Waals surface area contributed by atoms with E-state index in [2.05, 4.69) is 0 Å². The minimum Gasteiger partial charge on any atom is -0.741 e. The van der Waals surface area contributed by atoms with Gasteiger partial charge in [-0.3, -0.25) is 0 Å². The van der Waals surface area contributed by atoms with Crippen LogP contribution in [0.2, 0.25) is 0 Å². The Labute approximate surface area is 149 Å². The Morgan fingerprint density at radius 2 is 1.58 bits per heavy atom. The van der Waals surface area contributed by atoms with Crippen molar-refractivity contribution >= 4 is 30.7 Å². The number of thiophene rings is 1. The first kappa shape index (κ1) is 22.7. The third-order valence-corrected chi connectivity index (χ3v) is 5.98. The number of halogens is 6. The van der Waals surface area contributed by atoms with Crippen LogP contribution < -0.4 is 0 Å². The molecule has 0 spiro atoms. The molecule has 148 valence electrons. The molecular weight excluding hydrogens is 406 g/mol. The number of alkyl halides is 6. The fraction of sp³-hybridized carbons (Fsp3) is 0.467. The first-order chi connectivity index (χ1) is 11.7. The van der Waals surface area contributed by atoms with Gasteiger partial charge in [0.25, 0.3) is 0 Å². The van der Waals surface area contributed by atoms with Crippen LogP contribution in [0.3, 0.4) is 0 Å². The second kappa shape index (κ2) is 8.13. The van der Waals surface area contributed by atoms with Gasteiger partial charge in [-0.2, -0.15) is 13.2 Å². The molecule has 0 saturated heterocycles. The van der Waals surface area contributed by atoms with E-state index < -0.39 is 31.6 Å². The first-order valence-corrected chi connectivity index (χ1v) is 10.0. The predicted octanol–water partition coefficient (Wildman–Crippen LogP) is 5.63. The van der Waals surface area contributed by atoms with Gasteiger partial charge in [-0.1, -0.05) is 19.9 Å². The molecule has 0 aliphatic heterocycles. The molecule has 1 unspecified atom stereocenters. The summed E-state index contributed by atoms with van der Waals surface area (Å²) in [6, 6.07) is 7.11. The van der Waals surface area contributed by atoms with Gasteiger partial charge in [-0.15, -0.1) is 13.2 Å². The second-order valence-corrected chi connectivity index (χ2v) is 8.65. The van der Waals surface area contributed by atoms with Gasteiger partial charge in [-0.05, 0) is 30.5 Å². The zero-order valence-electron chi connectivity index (χ0n) is 13.7. The maximum Gasteiger partial charge on any atom is 0.600 e. The van der Waals surface area contributed by atoms with Crippen LogP contribution in [0.25, 0.3) is 10.1 Å². The lowest BCUT2D eigenvalue weighted by atomic mass is 10.1. The van der Waals surface area contributed by atoms with Crippen molar-refractivity contribution in [1.82, 2.24) is 0 Å². The molecule has 26 heavy (non-hydrogen) atoms. The summed E-state index contributed by atoms with van der Waals surface area (Å²) in [5, 5.41) is 0.762. The molecule has 1 heterocycles. The molecule has 2 aromatic rings. The minimum absolute atomic E-state index is 0.447. The zero-order chi connectivity index (χ0) is 20.3. The fourth-order valence-corrected chi connectivity index (χ4v) is 4.22. The standard InChI is InChI=1S/C14H16F3S.CHF3O3S/c1-3-5-12-9-11-8-10(4-2)6-7-13(11)18(12)14(15,16)17;2-1(3,4)8(5,6)7/h6-9H,3-5H2,1-2H3;(H,5,6,7)/q+1;/p-1. The number of rotatable bonds is 3. The van der Waals surface area contributed by atoms with Crippen LogP contribution in [0.15, 0.2) is 24.3 Å². The molecule has 0 aliphatic carbocycles. The van der Waals surface area contributed by atoms with Crippen molar-refractivity contribution in [3.63, 3.8) is 0 Å². The summed E-state index contributed by atoms with van der Waals surface area (Å²) in [7, 11) is -7.80. The van der Waals surface area contributed by atoms with Crippen LogP contribution in [0, 0.1) is 0 Å². The number of hydrogen-bond donors (Lipinski definition) is 0. The van der Waals surface area contributed by atoms with E-state index in [0.717, 1.165) is 23.8 Å². The Hall–Kier alpha value is -1.33. The largest absolute Gasteiger partial charge is 0.741 e. The Kier molecular flexibility index (Phi) is 7.11. The van der Waals surface area contributed by atoms with Gasteiger partial charge in [0.15, 0.2) is 19.7 Å². The van der Waals surface area contributed by atoms with Crippen LogP contribution in [0.1, 0.15) is 30.7 Å². The summed E-state index contributed by atoms with van der Waals surface area (Å²) in [5.74, 6) is 0. The van der Waals surface area contributed by atoms with E-state index in [0.29, 0.717) is 16.0 Å². The van der Waals surface area contributed by atoms with E-state index >= 15 is 0 Å². The zero-order valence-corrected chi connectivity index (χ0v) is 15.4. The lowest BCUT2D eigenvalue weighted by molar-refractivity contribution is -0.0867. The van der Waals surface area contributed by atoms with Gasteiger partial charge in [0, 0.05) is 17.9 Å². The molecule has 0 radical (unpaired) electrons. The summed E-state index contributed by atoms with van der Waals surface area (Å²) >= 11 is 0. The van der Waals surface area contributed by atoms with E-state index in [9.17, 15) is 26.3 Å². The summed E-state index contributed by atoms with van der Waals surface area (Å²) < 4.78 is 98.9. The summed E-state index contributed by atoms with van der Waals surface area (Å²) in [4.78, 5) is 0.535. The van der Waals surface area contributed by atoms with Crippen molar-refractivity contribution in [1.29, 1.82) is 0 Å². The Bertz CT molecular complexity index is 851. The molecule has 3 nitrogen and oxygen atoms in total. The monoisotopic (exact) mass is 422 g/mol. The molecular formula is C15H16F6O3S2. The summed E-state index contributed by atoms with van der Waals surface area (Å²) in [5.41, 5.74) is -8.71. The molecule has 0 amide bonds. The molecule has 0 fully saturated rings. The van der Waals surface area contributed by atoms with E-state index in [1.165, 1.54) is 0 Å². The van der Waals surface area contributed by atoms with E-state index in [-0.39, 0.29) is 0 Å². The smallest absolute Gasteiger partial charge is 0.600 e. The van der Waals surface area contributed by atoms with Gasteiger partial charge in [0.2, 0.25) is 0 Å². The molecule has 11 heteroatoms. The Morgan fingerprint density at radius 1 is 1.04 bits per heavy atom. The highest BCUT2D eigenvalue weighted by atomic mass is 32.2. The molecule has 0 aliphatic rings. The van der Waals surface area contributed by atoms with Crippen molar-refractivity contribution in [3.8, 4) is 0 Å². The van der Waals surface area contributed by atoms with Gasteiger partial charge in [0.1, 0.15) is 0 Å². The average Bonchev–Trinajstić information content (AvgIpc) is 2.82. The lowest BCUT2D eigenvalue weighted by Gasteiger charge is -2.08. The van der Waals surface area contributed by atoms with Crippen LogP contribution in [-0.2, 0) is 28.5 Å². The minimum atomic E-state index is -6.09. The fourth-order valence-electron chi connectivity index (χ4n) is 2.18. The van der Waals surface area contributed by atoms with Gasteiger partial charge >= 0.3 is 11.0 Å². The van der Waals surface area contributed by atoms with Crippen molar-refractivity contribution in [2.24, 2.45) is 0 Å². The highest BCUT2D eigenvalue weighted by Crippen LogP contribution is 2.51. The van der Waals surface area contributed by atoms with Crippen LogP contribution in [0.5, 0.6) is 0 Å². The van der Waals surface area contributed by atoms with Crippen molar-refractivity contribution in [3.05, 3.63) is 34.7 Å². The van der Waals surface area contributed by atoms with Crippen LogP contribution in [-0.4, -0.2) is 18.5 Å². The molecule has 0 saturated carbocycles. The quantitative estimate of drug-likeness (QED) is 0.279. The molecule has 0 N–H and O–H groups in total. The number of aryl methyl sites for hydroxylation is 2. The maximum atomic E-state index is 13.2. The predicted molar refractivity (Wildman–Crippen MR) is 86.9 cm³/mol. The summed E-state index contributed by atoms with van der Waals surface area (Å²) in [6.07, 6.45) is 2.13. The SMILES string of the molecule is CCCc1cc2cc(CC)ccc2[s+]1C(F)(F)F.O=S(=O)([O-])C(F)(F)F. The number of benzene rings is 1. The molecule has 1 aromatic heterocycles. The topological polar surface area (TPSA) is 57.2 Å². The van der Waals surface area contributed by atoms with Crippen molar-refractivity contribution in [2.45, 2.75) is 44.1 Å². The van der Waals surface area contributed by atoms with Crippen LogP contribution >= 0.6 is 10.5 Å². The first-order valence-electron chi connectivity index (χ1n) is 7.39. The number of fused-ring (bicyclic) bond motifs is 1. The molecule has 0 bridgehead atoms. The maximum absolute atomic E-state index is 13.2. The van der Waals surface area contributed by atoms with E-state index in [4.69, 9.17) is 13.0 Å². The third kappa shape index (κ3) is 5.58. The second-order valence-electron chi connectivity index (χ2n) is 5.24. The van der Waals surface area contributed by atoms with Gasteiger partial charge in [-0.25, -0.2) is 8.42 Å². The third-order valence-electron chi connectivity index (χ3n) is 3.29. The highest BCUT2D eigenvalue weighted by molar-refractivity contribution is 7.86. The molecule has 1 atom stereocenters. The van der Waals surface area contributed by atoms with E-state index in [1.807, 2.05) is 26.0 Å². The summed E-state index contributed by atoms with van der Waals surface area (Å²) in [6.45, 7) is 3.93. The number of hydrogen-bond acceptors (Lipinski definition) is 3. The van der Waals surface area contributed by atoms with Crippen molar-refractivity contribution < 1.29 is 39.3 Å². The van der Waals surface area contributed by atoms with Gasteiger partial charge in [0.05, 0.1) is 10.5 Å². The van der Waals surface area contributed by atoms with Crippen LogP contribution in [0.4, 0.5) is 26.3 Å². The molecule has 1 aromatic carbocycles. The van der Waals surface area contributed by atoms with Gasteiger partial charge < -0.3 is 4.55 Å². The Balaban J connectivity index is 0.000000359. The highest BCUT2D eigenvalue weighted by Gasteiger charge is 2.47. The normalized spacial score (nSPS) is 13.5. The Morgan fingerprint density at radius 3 is 1.96 bits per heavy atom. The van der Waals surface area contributed by atoms with E-state index in [1.54, 1.807) is 12.1 Å². The molecule has 2 rings (SSSR count). The lowest BCUT2D eigenvalue weighted by Crippen LogP contribution is -2.21.